The molecule has 0 bridgehead atoms. The van der Waals surface area contributed by atoms with Crippen LogP contribution < -0.4 is 0 Å². The molecule has 0 aliphatic heterocycles. The van der Waals surface area contributed by atoms with Crippen molar-refractivity contribution in [1.29, 1.82) is 0 Å². The molecule has 0 unspecified atom stereocenters. The Morgan fingerprint density at radius 3 is 2.00 bits per heavy atom. The van der Waals surface area contributed by atoms with Crippen LogP contribution in [-0.4, -0.2) is 35.5 Å². The third-order valence-corrected chi connectivity index (χ3v) is 2.87. The summed E-state index contributed by atoms with van der Waals surface area (Å²) in [5.74, 6) is 0. The van der Waals surface area contributed by atoms with Crippen LogP contribution in [-0.2, 0) is 0 Å². The Hall–Kier alpha value is 0.230. The number of halogens is 4. The minimum atomic E-state index is -4.05. The summed E-state index contributed by atoms with van der Waals surface area (Å²) in [7, 11) is 0. The van der Waals surface area contributed by atoms with Gasteiger partial charge in [-0.1, -0.05) is 29.8 Å². The van der Waals surface area contributed by atoms with Crippen LogP contribution in [0.3, 0.4) is 0 Å². The van der Waals surface area contributed by atoms with E-state index in [9.17, 15) is 13.2 Å². The summed E-state index contributed by atoms with van der Waals surface area (Å²) in [6.07, 6.45) is -2.95. The van der Waals surface area contributed by atoms with E-state index in [1.807, 2.05) is 18.7 Å². The monoisotopic (exact) mass is 289 g/mol. The summed E-state index contributed by atoms with van der Waals surface area (Å²) in [4.78, 5) is 1.92. The number of rotatable bonds is 7. The van der Waals surface area contributed by atoms with E-state index in [4.69, 9.17) is 0 Å². The quantitative estimate of drug-likeness (QED) is 0.644. The van der Waals surface area contributed by atoms with Gasteiger partial charge in [-0.15, -0.1) is 0 Å². The molecule has 0 rings (SSSR count). The molecule has 0 amide bonds. The molecule has 0 aliphatic carbocycles. The lowest BCUT2D eigenvalue weighted by Gasteiger charge is -2.30. The second kappa shape index (κ2) is 7.49. The van der Waals surface area contributed by atoms with Crippen molar-refractivity contribution >= 4 is 15.9 Å². The van der Waals surface area contributed by atoms with E-state index in [0.29, 0.717) is 6.54 Å². The summed E-state index contributed by atoms with van der Waals surface area (Å²) >= 11 is 3.27. The van der Waals surface area contributed by atoms with Crippen LogP contribution in [0.15, 0.2) is 0 Å². The lowest BCUT2D eigenvalue weighted by molar-refractivity contribution is -0.139. The third kappa shape index (κ3) is 7.17. The highest BCUT2D eigenvalue weighted by Crippen LogP contribution is 2.21. The molecule has 0 aromatic rings. The summed E-state index contributed by atoms with van der Waals surface area (Å²) in [5.41, 5.74) is 0. The average molecular weight is 290 g/mol. The Morgan fingerprint density at radius 2 is 1.67 bits per heavy atom. The van der Waals surface area contributed by atoms with Gasteiger partial charge in [0.15, 0.2) is 0 Å². The summed E-state index contributed by atoms with van der Waals surface area (Å²) < 4.78 is 36.3. The first kappa shape index (κ1) is 15.2. The van der Waals surface area contributed by atoms with E-state index < -0.39 is 12.6 Å². The summed E-state index contributed by atoms with van der Waals surface area (Å²) in [6.45, 7) is 4.83. The Labute approximate surface area is 98.1 Å². The van der Waals surface area contributed by atoms with Gasteiger partial charge in [0.2, 0.25) is 0 Å². The van der Waals surface area contributed by atoms with E-state index in [0.717, 1.165) is 18.2 Å². The first-order valence-electron chi connectivity index (χ1n) is 5.31. The molecular weight excluding hydrogens is 271 g/mol. The van der Waals surface area contributed by atoms with Gasteiger partial charge in [-0.25, -0.2) is 0 Å². The summed E-state index contributed by atoms with van der Waals surface area (Å²) in [6, 6.07) is 0.268. The molecule has 0 atom stereocenters. The molecule has 0 saturated carbocycles. The predicted octanol–water partition coefficient (Wildman–Crippen LogP) is 3.82. The molecular formula is C10H19BrF3N. The lowest BCUT2D eigenvalue weighted by atomic mass is 10.1. The van der Waals surface area contributed by atoms with Crippen molar-refractivity contribution < 1.29 is 13.2 Å². The van der Waals surface area contributed by atoms with Gasteiger partial charge in [0.25, 0.3) is 0 Å². The molecule has 5 heteroatoms. The number of hydrogen-bond donors (Lipinski definition) is 0. The second-order valence-electron chi connectivity index (χ2n) is 3.56. The van der Waals surface area contributed by atoms with Crippen molar-refractivity contribution in [1.82, 2.24) is 4.90 Å². The fraction of sp³-hybridized carbons (Fsp3) is 1.00. The van der Waals surface area contributed by atoms with Gasteiger partial charge >= 0.3 is 6.18 Å². The van der Waals surface area contributed by atoms with Crippen LogP contribution in [0.5, 0.6) is 0 Å². The smallest absolute Gasteiger partial charge is 0.299 e. The number of hydrogen-bond acceptors (Lipinski definition) is 1. The third-order valence-electron chi connectivity index (χ3n) is 2.51. The van der Waals surface area contributed by atoms with Crippen molar-refractivity contribution in [3.63, 3.8) is 0 Å². The molecule has 0 aliphatic rings. The first-order valence-corrected chi connectivity index (χ1v) is 6.43. The van der Waals surface area contributed by atoms with Gasteiger partial charge in [-0.2, -0.15) is 13.2 Å². The molecule has 0 aromatic heterocycles. The zero-order chi connectivity index (χ0) is 11.9. The van der Waals surface area contributed by atoms with Crippen LogP contribution in [0, 0.1) is 0 Å². The standard InChI is InChI=1S/C10H19BrF3N/c1-3-9(4-2)15(8-6-11)7-5-10(12,13)14/h9H,3-8H2,1-2H3. The fourth-order valence-electron chi connectivity index (χ4n) is 1.66. The molecule has 1 nitrogen and oxygen atoms in total. The molecule has 0 N–H and O–H groups in total. The minimum Gasteiger partial charge on any atom is -0.299 e. The molecule has 0 heterocycles. The Morgan fingerprint density at radius 1 is 1.13 bits per heavy atom. The molecule has 0 spiro atoms. The normalized spacial score (nSPS) is 12.8. The van der Waals surface area contributed by atoms with Crippen molar-refractivity contribution in [2.75, 3.05) is 18.4 Å². The van der Waals surface area contributed by atoms with Crippen LogP contribution in [0.2, 0.25) is 0 Å². The average Bonchev–Trinajstić information content (AvgIpc) is 2.14. The van der Waals surface area contributed by atoms with Gasteiger partial charge in [0, 0.05) is 24.5 Å². The van der Waals surface area contributed by atoms with E-state index in [-0.39, 0.29) is 12.6 Å². The van der Waals surface area contributed by atoms with E-state index >= 15 is 0 Å². The zero-order valence-corrected chi connectivity index (χ0v) is 10.9. The van der Waals surface area contributed by atoms with Gasteiger partial charge in [0.1, 0.15) is 0 Å². The highest BCUT2D eigenvalue weighted by Gasteiger charge is 2.28. The van der Waals surface area contributed by atoms with E-state index in [2.05, 4.69) is 15.9 Å². The maximum absolute atomic E-state index is 12.1. The van der Waals surface area contributed by atoms with Crippen molar-refractivity contribution in [3.05, 3.63) is 0 Å². The van der Waals surface area contributed by atoms with Crippen LogP contribution in [0.4, 0.5) is 13.2 Å². The van der Waals surface area contributed by atoms with Gasteiger partial charge < -0.3 is 0 Å². The van der Waals surface area contributed by atoms with E-state index in [1.165, 1.54) is 0 Å². The predicted molar refractivity (Wildman–Crippen MR) is 60.4 cm³/mol. The Kier molecular flexibility index (Phi) is 7.61. The lowest BCUT2D eigenvalue weighted by Crippen LogP contribution is -2.38. The van der Waals surface area contributed by atoms with Gasteiger partial charge in [-0.3, -0.25) is 4.90 Å². The largest absolute Gasteiger partial charge is 0.390 e. The van der Waals surface area contributed by atoms with Crippen LogP contribution in [0.1, 0.15) is 33.1 Å². The van der Waals surface area contributed by atoms with Crippen molar-refractivity contribution in [2.45, 2.75) is 45.3 Å². The highest BCUT2D eigenvalue weighted by atomic mass is 79.9. The maximum atomic E-state index is 12.1. The topological polar surface area (TPSA) is 3.24 Å². The fourth-order valence-corrected chi connectivity index (χ4v) is 2.12. The number of alkyl halides is 4. The highest BCUT2D eigenvalue weighted by molar-refractivity contribution is 9.09. The molecule has 92 valence electrons. The minimum absolute atomic E-state index is 0.113. The molecule has 15 heavy (non-hydrogen) atoms. The Balaban J connectivity index is 4.13. The molecule has 0 fully saturated rings. The van der Waals surface area contributed by atoms with Crippen molar-refractivity contribution in [2.24, 2.45) is 0 Å². The van der Waals surface area contributed by atoms with Crippen LogP contribution >= 0.6 is 15.9 Å². The summed E-state index contributed by atoms with van der Waals surface area (Å²) in [5, 5.41) is 0.724. The maximum Gasteiger partial charge on any atom is 0.390 e. The van der Waals surface area contributed by atoms with Crippen molar-refractivity contribution in [3.8, 4) is 0 Å². The van der Waals surface area contributed by atoms with E-state index in [1.54, 1.807) is 0 Å². The molecule has 0 saturated heterocycles. The van der Waals surface area contributed by atoms with Gasteiger partial charge in [-0.05, 0) is 12.8 Å². The molecule has 0 aromatic carbocycles. The second-order valence-corrected chi connectivity index (χ2v) is 4.35. The SMILES string of the molecule is CCC(CC)N(CCBr)CCC(F)(F)F. The Bertz CT molecular complexity index is 157. The van der Waals surface area contributed by atoms with Crippen LogP contribution in [0.25, 0.3) is 0 Å². The zero-order valence-electron chi connectivity index (χ0n) is 9.28. The number of nitrogens with zero attached hydrogens (tertiary/aromatic N) is 1. The molecule has 0 radical (unpaired) electrons. The van der Waals surface area contributed by atoms with Gasteiger partial charge in [0.05, 0.1) is 6.42 Å². The first-order chi connectivity index (χ1) is 6.94.